The lowest BCUT2D eigenvalue weighted by atomic mass is 10.2. The Morgan fingerprint density at radius 3 is 2.64 bits per heavy atom. The van der Waals surface area contributed by atoms with E-state index >= 15 is 0 Å². The van der Waals surface area contributed by atoms with E-state index in [1.54, 1.807) is 0 Å². The number of nitrogens with two attached hydrogens (primary N) is 1. The van der Waals surface area contributed by atoms with Gasteiger partial charge in [0.2, 0.25) is 0 Å². The Bertz CT molecular complexity index is 183. The van der Waals surface area contributed by atoms with E-state index in [1.807, 2.05) is 0 Å². The fraction of sp³-hybridized carbons (Fsp3) is 1.00. The highest BCUT2D eigenvalue weighted by Crippen LogP contribution is 2.23. The van der Waals surface area contributed by atoms with Gasteiger partial charge in [-0.25, -0.2) is 0 Å². The highest BCUT2D eigenvalue weighted by molar-refractivity contribution is 4.86. The van der Waals surface area contributed by atoms with E-state index in [0.717, 1.165) is 6.04 Å². The molecule has 1 aliphatic heterocycles. The minimum absolute atomic E-state index is 0.473. The lowest BCUT2D eigenvalue weighted by Gasteiger charge is -2.27. The lowest BCUT2D eigenvalue weighted by molar-refractivity contribution is 0.203. The van der Waals surface area contributed by atoms with Crippen LogP contribution < -0.4 is 5.73 Å². The molecule has 3 nitrogen and oxygen atoms in total. The van der Waals surface area contributed by atoms with E-state index < -0.39 is 0 Å². The van der Waals surface area contributed by atoms with Gasteiger partial charge < -0.3 is 10.6 Å². The molecule has 0 bridgehead atoms. The first-order chi connectivity index (χ1) is 6.75. The summed E-state index contributed by atoms with van der Waals surface area (Å²) in [6, 6.07) is 1.26. The summed E-state index contributed by atoms with van der Waals surface area (Å²) >= 11 is 0. The van der Waals surface area contributed by atoms with Gasteiger partial charge in [-0.2, -0.15) is 0 Å². The summed E-state index contributed by atoms with van der Waals surface area (Å²) in [6.07, 6.45) is 5.10. The first kappa shape index (κ1) is 10.4. The lowest BCUT2D eigenvalue weighted by Crippen LogP contribution is -2.37. The largest absolute Gasteiger partial charge is 0.328 e. The van der Waals surface area contributed by atoms with Crippen LogP contribution in [0.2, 0.25) is 0 Å². The van der Waals surface area contributed by atoms with Crippen molar-refractivity contribution in [3.05, 3.63) is 0 Å². The van der Waals surface area contributed by atoms with Gasteiger partial charge in [0.1, 0.15) is 0 Å². The van der Waals surface area contributed by atoms with Gasteiger partial charge in [-0.05, 0) is 45.8 Å². The number of hydrogen-bond donors (Lipinski definition) is 1. The van der Waals surface area contributed by atoms with E-state index in [4.69, 9.17) is 5.73 Å². The summed E-state index contributed by atoms with van der Waals surface area (Å²) < 4.78 is 0. The average molecular weight is 197 g/mol. The summed E-state index contributed by atoms with van der Waals surface area (Å²) in [5.74, 6) is 0. The molecule has 0 spiro atoms. The molecule has 0 aromatic rings. The zero-order chi connectivity index (χ0) is 9.97. The van der Waals surface area contributed by atoms with Crippen LogP contribution in [0.25, 0.3) is 0 Å². The van der Waals surface area contributed by atoms with Gasteiger partial charge in [0.05, 0.1) is 0 Å². The topological polar surface area (TPSA) is 32.5 Å². The van der Waals surface area contributed by atoms with Crippen LogP contribution in [0.3, 0.4) is 0 Å². The summed E-state index contributed by atoms with van der Waals surface area (Å²) in [5.41, 5.74) is 5.96. The van der Waals surface area contributed by atoms with Crippen LogP contribution in [0.15, 0.2) is 0 Å². The fourth-order valence-corrected chi connectivity index (χ4v) is 2.75. The molecule has 2 fully saturated rings. The van der Waals surface area contributed by atoms with E-state index in [-0.39, 0.29) is 0 Å². The van der Waals surface area contributed by atoms with Crippen molar-refractivity contribution in [2.75, 3.05) is 33.2 Å². The maximum absolute atomic E-state index is 5.96. The Morgan fingerprint density at radius 1 is 1.07 bits per heavy atom. The van der Waals surface area contributed by atoms with E-state index in [9.17, 15) is 0 Å². The second-order valence-corrected chi connectivity index (χ2v) is 4.92. The number of nitrogens with zero attached hydrogens (tertiary/aromatic N) is 2. The Balaban J connectivity index is 1.84. The molecule has 1 saturated carbocycles. The molecule has 0 amide bonds. The third kappa shape index (κ3) is 2.47. The molecule has 82 valence electrons. The molecule has 2 aliphatic rings. The quantitative estimate of drug-likeness (QED) is 0.664. The molecule has 14 heavy (non-hydrogen) atoms. The van der Waals surface area contributed by atoms with Gasteiger partial charge >= 0.3 is 0 Å². The van der Waals surface area contributed by atoms with Crippen LogP contribution >= 0.6 is 0 Å². The van der Waals surface area contributed by atoms with Crippen LogP contribution in [0, 0.1) is 0 Å². The Hall–Kier alpha value is -0.120. The monoisotopic (exact) mass is 197 g/mol. The summed E-state index contributed by atoms with van der Waals surface area (Å²) in [7, 11) is 2.23. The van der Waals surface area contributed by atoms with Crippen molar-refractivity contribution in [2.24, 2.45) is 5.73 Å². The minimum Gasteiger partial charge on any atom is -0.328 e. The number of likely N-dealkylation sites (N-methyl/N-ethyl adjacent to an activating group) is 1. The fourth-order valence-electron chi connectivity index (χ4n) is 2.75. The van der Waals surface area contributed by atoms with Crippen molar-refractivity contribution >= 4 is 0 Å². The number of hydrogen-bond acceptors (Lipinski definition) is 3. The third-order valence-electron chi connectivity index (χ3n) is 3.72. The molecule has 2 unspecified atom stereocenters. The van der Waals surface area contributed by atoms with E-state index in [2.05, 4.69) is 16.8 Å². The standard InChI is InChI=1S/C11H23N3/c1-13-5-2-6-14(8-7-13)11-4-3-10(12)9-11/h10-11H,2-9,12H2,1H3. The van der Waals surface area contributed by atoms with E-state index in [0.29, 0.717) is 6.04 Å². The van der Waals surface area contributed by atoms with Crippen molar-refractivity contribution in [1.82, 2.24) is 9.80 Å². The van der Waals surface area contributed by atoms with Crippen LogP contribution in [-0.4, -0.2) is 55.1 Å². The second-order valence-electron chi connectivity index (χ2n) is 4.92. The molecule has 1 heterocycles. The van der Waals surface area contributed by atoms with Crippen molar-refractivity contribution in [1.29, 1.82) is 0 Å². The van der Waals surface area contributed by atoms with Crippen molar-refractivity contribution in [3.63, 3.8) is 0 Å². The third-order valence-corrected chi connectivity index (χ3v) is 3.72. The van der Waals surface area contributed by atoms with Gasteiger partial charge in [0.25, 0.3) is 0 Å². The number of rotatable bonds is 1. The molecule has 3 heteroatoms. The Labute approximate surface area is 87.2 Å². The van der Waals surface area contributed by atoms with Gasteiger partial charge in [0, 0.05) is 25.2 Å². The van der Waals surface area contributed by atoms with Crippen LogP contribution in [0.1, 0.15) is 25.7 Å². The molecule has 1 saturated heterocycles. The first-order valence-electron chi connectivity index (χ1n) is 5.94. The smallest absolute Gasteiger partial charge is 0.0112 e. The zero-order valence-electron chi connectivity index (χ0n) is 9.28. The summed E-state index contributed by atoms with van der Waals surface area (Å²) in [5, 5.41) is 0. The van der Waals surface area contributed by atoms with Crippen LogP contribution in [-0.2, 0) is 0 Å². The molecule has 2 atom stereocenters. The van der Waals surface area contributed by atoms with Crippen LogP contribution in [0.4, 0.5) is 0 Å². The first-order valence-corrected chi connectivity index (χ1v) is 5.94. The summed E-state index contributed by atoms with van der Waals surface area (Å²) in [4.78, 5) is 5.10. The normalized spacial score (nSPS) is 37.3. The maximum atomic E-state index is 5.96. The highest BCUT2D eigenvalue weighted by Gasteiger charge is 2.27. The SMILES string of the molecule is CN1CCCN(C2CCC(N)C2)CC1. The van der Waals surface area contributed by atoms with Crippen molar-refractivity contribution < 1.29 is 0 Å². The van der Waals surface area contributed by atoms with Gasteiger partial charge in [-0.1, -0.05) is 0 Å². The molecular weight excluding hydrogens is 174 g/mol. The predicted molar refractivity (Wildman–Crippen MR) is 59.3 cm³/mol. The average Bonchev–Trinajstić information content (AvgIpc) is 2.46. The van der Waals surface area contributed by atoms with Gasteiger partial charge in [-0.15, -0.1) is 0 Å². The molecule has 0 aromatic heterocycles. The van der Waals surface area contributed by atoms with E-state index in [1.165, 1.54) is 51.9 Å². The van der Waals surface area contributed by atoms with Gasteiger partial charge in [-0.3, -0.25) is 4.90 Å². The minimum atomic E-state index is 0.473. The molecular formula is C11H23N3. The molecule has 0 radical (unpaired) electrons. The molecule has 2 rings (SSSR count). The second kappa shape index (κ2) is 4.60. The maximum Gasteiger partial charge on any atom is 0.0112 e. The van der Waals surface area contributed by atoms with Gasteiger partial charge in [0.15, 0.2) is 0 Å². The van der Waals surface area contributed by atoms with Crippen molar-refractivity contribution in [2.45, 2.75) is 37.8 Å². The molecule has 1 aliphatic carbocycles. The predicted octanol–water partition coefficient (Wildman–Crippen LogP) is 0.504. The summed E-state index contributed by atoms with van der Waals surface area (Å²) in [6.45, 7) is 5.01. The molecule has 0 aromatic carbocycles. The Morgan fingerprint density at radius 2 is 1.93 bits per heavy atom. The highest BCUT2D eigenvalue weighted by atomic mass is 15.2. The molecule has 2 N–H and O–H groups in total. The van der Waals surface area contributed by atoms with Crippen molar-refractivity contribution in [3.8, 4) is 0 Å². The Kier molecular flexibility index (Phi) is 3.42. The van der Waals surface area contributed by atoms with Crippen LogP contribution in [0.5, 0.6) is 0 Å². The zero-order valence-corrected chi connectivity index (χ0v) is 9.28.